The number of hydrogen-bond acceptors (Lipinski definition) is 5. The van der Waals surface area contributed by atoms with Crippen LogP contribution in [0, 0.1) is 0 Å². The van der Waals surface area contributed by atoms with Crippen LogP contribution in [0.15, 0.2) is 35.7 Å². The van der Waals surface area contributed by atoms with Gasteiger partial charge in [0, 0.05) is 17.4 Å². The average Bonchev–Trinajstić information content (AvgIpc) is 2.95. The van der Waals surface area contributed by atoms with Crippen LogP contribution in [-0.2, 0) is 11.4 Å². The molecule has 132 valence electrons. The lowest BCUT2D eigenvalue weighted by molar-refractivity contribution is -0.117. The van der Waals surface area contributed by atoms with Gasteiger partial charge in [0.05, 0.1) is 25.9 Å². The van der Waals surface area contributed by atoms with Gasteiger partial charge in [-0.05, 0) is 47.7 Å². The van der Waals surface area contributed by atoms with Crippen molar-refractivity contribution < 1.29 is 19.4 Å². The third kappa shape index (κ3) is 4.61. The minimum absolute atomic E-state index is 0.0116. The zero-order valence-electron chi connectivity index (χ0n) is 14.0. The van der Waals surface area contributed by atoms with Crippen LogP contribution in [0.3, 0.4) is 0 Å². The monoisotopic (exact) mass is 359 g/mol. The molecule has 0 radical (unpaired) electrons. The fraction of sp³-hybridized carbons (Fsp3) is 0.316. The Morgan fingerprint density at radius 2 is 2.12 bits per heavy atom. The molecular weight excluding hydrogens is 338 g/mol. The summed E-state index contributed by atoms with van der Waals surface area (Å²) in [5, 5.41) is 13.9. The highest BCUT2D eigenvalue weighted by Gasteiger charge is 2.14. The smallest absolute Gasteiger partial charge is 0.244 e. The maximum Gasteiger partial charge on any atom is 0.244 e. The molecule has 2 aromatic rings. The van der Waals surface area contributed by atoms with Crippen molar-refractivity contribution in [2.75, 3.05) is 13.2 Å². The van der Waals surface area contributed by atoms with Gasteiger partial charge in [-0.25, -0.2) is 0 Å². The molecule has 25 heavy (non-hydrogen) atoms. The molecule has 5 nitrogen and oxygen atoms in total. The molecule has 0 fully saturated rings. The number of amides is 1. The number of rotatable bonds is 5. The molecule has 2 heterocycles. The predicted octanol–water partition coefficient (Wildman–Crippen LogP) is 3.29. The Hall–Kier alpha value is -2.31. The Bertz CT molecular complexity index is 769. The first-order chi connectivity index (χ1) is 12.2. The van der Waals surface area contributed by atoms with Crippen molar-refractivity contribution in [1.82, 2.24) is 5.32 Å². The molecule has 0 saturated carbocycles. The second-order valence-electron chi connectivity index (χ2n) is 5.84. The van der Waals surface area contributed by atoms with E-state index in [2.05, 4.69) is 5.32 Å². The van der Waals surface area contributed by atoms with E-state index in [4.69, 9.17) is 14.6 Å². The fourth-order valence-corrected chi connectivity index (χ4v) is 3.31. The van der Waals surface area contributed by atoms with E-state index >= 15 is 0 Å². The average molecular weight is 359 g/mol. The summed E-state index contributed by atoms with van der Waals surface area (Å²) in [5.74, 6) is 1.30. The number of carbonyl (C=O) groups excluding carboxylic acids is 1. The molecule has 1 atom stereocenters. The van der Waals surface area contributed by atoms with Crippen molar-refractivity contribution in [1.29, 1.82) is 0 Å². The standard InChI is InChI=1S/C19H21NO4S/c1-13(15-3-5-17-18(10-15)24-8-2-7-23-17)20-19(22)6-4-16-9-14(11-21)12-25-16/h3-6,9-10,12-13,21H,2,7-8,11H2,1H3,(H,20,22). The molecule has 1 aliphatic rings. The van der Waals surface area contributed by atoms with E-state index in [1.165, 1.54) is 17.4 Å². The van der Waals surface area contributed by atoms with Crippen molar-refractivity contribution in [2.45, 2.75) is 26.0 Å². The van der Waals surface area contributed by atoms with Crippen molar-refractivity contribution in [3.05, 3.63) is 51.7 Å². The lowest BCUT2D eigenvalue weighted by Crippen LogP contribution is -2.24. The summed E-state index contributed by atoms with van der Waals surface area (Å²) in [6.45, 7) is 3.23. The molecule has 2 N–H and O–H groups in total. The first kappa shape index (κ1) is 17.5. The number of fused-ring (bicyclic) bond motifs is 1. The Morgan fingerprint density at radius 3 is 2.88 bits per heavy atom. The number of thiophene rings is 1. The largest absolute Gasteiger partial charge is 0.490 e. The number of aliphatic hydroxyl groups is 1. The minimum Gasteiger partial charge on any atom is -0.490 e. The van der Waals surface area contributed by atoms with E-state index in [0.717, 1.165) is 33.9 Å². The van der Waals surface area contributed by atoms with Gasteiger partial charge < -0.3 is 19.9 Å². The quantitative estimate of drug-likeness (QED) is 0.804. The molecule has 6 heteroatoms. The lowest BCUT2D eigenvalue weighted by atomic mass is 10.1. The summed E-state index contributed by atoms with van der Waals surface area (Å²) < 4.78 is 11.3. The minimum atomic E-state index is -0.168. The number of benzene rings is 1. The Balaban J connectivity index is 1.62. The Kier molecular flexibility index (Phi) is 5.73. The second kappa shape index (κ2) is 8.18. The van der Waals surface area contributed by atoms with Gasteiger partial charge in [0.25, 0.3) is 0 Å². The van der Waals surface area contributed by atoms with Crippen LogP contribution in [-0.4, -0.2) is 24.2 Å². The van der Waals surface area contributed by atoms with Crippen LogP contribution < -0.4 is 14.8 Å². The van der Waals surface area contributed by atoms with E-state index < -0.39 is 0 Å². The highest BCUT2D eigenvalue weighted by Crippen LogP contribution is 2.32. The van der Waals surface area contributed by atoms with Gasteiger partial charge in [0.15, 0.2) is 11.5 Å². The molecule has 1 aliphatic heterocycles. The van der Waals surface area contributed by atoms with Crippen LogP contribution >= 0.6 is 11.3 Å². The fourth-order valence-electron chi connectivity index (χ4n) is 2.52. The first-order valence-electron chi connectivity index (χ1n) is 8.22. The van der Waals surface area contributed by atoms with Gasteiger partial charge in [-0.15, -0.1) is 11.3 Å². The molecule has 0 bridgehead atoms. The summed E-state index contributed by atoms with van der Waals surface area (Å²) >= 11 is 1.49. The number of nitrogens with one attached hydrogen (secondary N) is 1. The maximum atomic E-state index is 12.1. The second-order valence-corrected chi connectivity index (χ2v) is 6.78. The zero-order valence-corrected chi connectivity index (χ0v) is 14.8. The van der Waals surface area contributed by atoms with Gasteiger partial charge >= 0.3 is 0 Å². The molecule has 0 saturated heterocycles. The maximum absolute atomic E-state index is 12.1. The molecule has 1 unspecified atom stereocenters. The molecule has 0 aliphatic carbocycles. The number of carbonyl (C=O) groups is 1. The number of hydrogen-bond donors (Lipinski definition) is 2. The van der Waals surface area contributed by atoms with E-state index in [1.54, 1.807) is 6.08 Å². The topological polar surface area (TPSA) is 67.8 Å². The normalized spacial score (nSPS) is 15.0. The Labute approximate surface area is 150 Å². The number of ether oxygens (including phenoxy) is 2. The van der Waals surface area contributed by atoms with Crippen molar-refractivity contribution in [2.24, 2.45) is 0 Å². The summed E-state index contributed by atoms with van der Waals surface area (Å²) in [6.07, 6.45) is 4.12. The third-order valence-electron chi connectivity index (χ3n) is 3.89. The van der Waals surface area contributed by atoms with Gasteiger partial charge in [-0.2, -0.15) is 0 Å². The summed E-state index contributed by atoms with van der Waals surface area (Å²) in [5.41, 5.74) is 1.82. The van der Waals surface area contributed by atoms with Gasteiger partial charge in [0.2, 0.25) is 5.91 Å². The summed E-state index contributed by atoms with van der Waals surface area (Å²) in [6, 6.07) is 7.46. The highest BCUT2D eigenvalue weighted by atomic mass is 32.1. The number of aliphatic hydroxyl groups excluding tert-OH is 1. The van der Waals surface area contributed by atoms with Crippen molar-refractivity contribution in [3.63, 3.8) is 0 Å². The summed E-state index contributed by atoms with van der Waals surface area (Å²) in [7, 11) is 0. The van der Waals surface area contributed by atoms with E-state index in [1.807, 2.05) is 36.6 Å². The lowest BCUT2D eigenvalue weighted by Gasteiger charge is -2.15. The molecule has 1 aromatic carbocycles. The van der Waals surface area contributed by atoms with Gasteiger partial charge in [-0.1, -0.05) is 6.07 Å². The first-order valence-corrected chi connectivity index (χ1v) is 9.10. The van der Waals surface area contributed by atoms with Crippen LogP contribution in [0.4, 0.5) is 0 Å². The van der Waals surface area contributed by atoms with Gasteiger partial charge in [0.1, 0.15) is 0 Å². The van der Waals surface area contributed by atoms with Crippen LogP contribution in [0.2, 0.25) is 0 Å². The third-order valence-corrected chi connectivity index (χ3v) is 4.83. The zero-order chi connectivity index (χ0) is 17.6. The predicted molar refractivity (Wildman–Crippen MR) is 97.9 cm³/mol. The van der Waals surface area contributed by atoms with E-state index in [0.29, 0.717) is 13.2 Å². The molecule has 3 rings (SSSR count). The Morgan fingerprint density at radius 1 is 1.32 bits per heavy atom. The highest BCUT2D eigenvalue weighted by molar-refractivity contribution is 7.11. The van der Waals surface area contributed by atoms with Crippen LogP contribution in [0.25, 0.3) is 6.08 Å². The molecule has 0 spiro atoms. The van der Waals surface area contributed by atoms with Gasteiger partial charge in [-0.3, -0.25) is 4.79 Å². The molecule has 1 aromatic heterocycles. The SMILES string of the molecule is CC(NC(=O)C=Cc1cc(CO)cs1)c1ccc2c(c1)OCCCO2. The molecular formula is C19H21NO4S. The van der Waals surface area contributed by atoms with Crippen LogP contribution in [0.1, 0.15) is 35.4 Å². The van der Waals surface area contributed by atoms with E-state index in [-0.39, 0.29) is 18.6 Å². The van der Waals surface area contributed by atoms with E-state index in [9.17, 15) is 4.79 Å². The van der Waals surface area contributed by atoms with Crippen molar-refractivity contribution in [3.8, 4) is 11.5 Å². The summed E-state index contributed by atoms with van der Waals surface area (Å²) in [4.78, 5) is 13.1. The molecule has 1 amide bonds. The van der Waals surface area contributed by atoms with Crippen molar-refractivity contribution >= 4 is 23.3 Å². The van der Waals surface area contributed by atoms with Crippen LogP contribution in [0.5, 0.6) is 11.5 Å².